The number of carboxylic acids is 1. The van der Waals surface area contributed by atoms with Crippen molar-refractivity contribution in [2.75, 3.05) is 13.7 Å². The molecular formula is C87H100Cl2FN7O28S. The number of carboxylic acid groups (broad SMARTS) is 1. The minimum Gasteiger partial charge on any atom is -0.508 e. The molecule has 39 heteroatoms. The van der Waals surface area contributed by atoms with Gasteiger partial charge in [0.15, 0.2) is 41.7 Å². The number of aliphatic carboxylic acids is 1. The van der Waals surface area contributed by atoms with E-state index in [1.807, 2.05) is 26.0 Å². The number of phenols is 3. The van der Waals surface area contributed by atoms with Crippen LogP contribution in [-0.4, -0.2) is 226 Å². The highest BCUT2D eigenvalue weighted by atomic mass is 35.5. The summed E-state index contributed by atoms with van der Waals surface area (Å²) in [5.41, 5.74) is 9.11. The molecule has 9 heterocycles. The lowest BCUT2D eigenvalue weighted by Crippen LogP contribution is -2.64. The number of ether oxygens (including phenoxy) is 8. The number of amides is 5. The van der Waals surface area contributed by atoms with Crippen molar-refractivity contribution in [2.45, 2.75) is 220 Å². The molecule has 8 aliphatic rings. The third-order valence-corrected chi connectivity index (χ3v) is 24.8. The molecule has 11 bridgehead atoms. The largest absolute Gasteiger partial charge is 0.508 e. The Labute approximate surface area is 734 Å². The maximum absolute atomic E-state index is 16.6. The van der Waals surface area contributed by atoms with E-state index in [2.05, 4.69) is 26.6 Å². The van der Waals surface area contributed by atoms with Crippen LogP contribution in [-0.2, 0) is 68.5 Å². The van der Waals surface area contributed by atoms with Crippen LogP contribution in [0.4, 0.5) is 4.39 Å². The molecule has 0 aliphatic carbocycles. The lowest BCUT2D eigenvalue weighted by atomic mass is 9.84. The van der Waals surface area contributed by atoms with Gasteiger partial charge >= 0.3 is 5.97 Å². The molecule has 7 aromatic rings. The molecular weight excluding hydrogens is 1710 g/mol. The summed E-state index contributed by atoms with van der Waals surface area (Å²) in [6.45, 7) is 5.48. The number of nitrogens with two attached hydrogens (primary N) is 2. The number of hydrogen-bond acceptors (Lipinski definition) is 30. The van der Waals surface area contributed by atoms with Crippen LogP contribution in [0.25, 0.3) is 21.6 Å². The predicted octanol–water partition coefficient (Wildman–Crippen LogP) is 5.44. The standard InChI is InChI=1S/C86H96Cl2FN7O28S.CH4/c1-34(2)20-50(92-5)81(113)95-67-53(101)25-41(28-62(90)103)79(111)93-65-40-26-58(118-55-17-13-38(69(67)104)23-48(55)87)76(123-85-74(109)72(107)77(60(33-97)121-85)124-84-73(108)71(106)70(105)57(120-84)11-7-10-44-15-19-61(125-44)37-8-6-9-42(89)21-37)59(27-40)119-56-18-14-39(24-49(56)88)75(122-63-32-86(4,91)78(110)35(3)117-63)68-82(114)94-66(83(115)116)47-29-43(98)30-52(100)64(47)46-22-36(12-16-51(46)99)45(31-54(65)102)80(112)96-68;/h6,8-9,12-19,21-24,26-27,29-30,34-35,41,45,50,57,60,63,65-75,77-78,84-85,92,97-100,104-110H,7,10-11,20,25,28,31-33,91H2,1-5H3,(H2,90,103)(H,93,111)(H,94,114)(H,95,113)(H,96,112)(H,115,116);1H4/t35-,41+,45-,50+,57+,60+,63?,65+,66-,67?,68-,69+,70-,71-,72+,73+,74+,75+,77+,78-,84-,85-,86-;/m0./s1. The van der Waals surface area contributed by atoms with Gasteiger partial charge < -0.3 is 137 Å². The first-order chi connectivity index (χ1) is 59.3. The van der Waals surface area contributed by atoms with E-state index in [1.54, 1.807) is 12.1 Å². The molecule has 0 radical (unpaired) electrons. The van der Waals surface area contributed by atoms with Crippen LogP contribution in [0, 0.1) is 17.7 Å². The van der Waals surface area contributed by atoms with Crippen LogP contribution in [0.3, 0.4) is 0 Å². The van der Waals surface area contributed by atoms with Gasteiger partial charge in [-0.3, -0.25) is 33.6 Å². The fraction of sp³-hybridized carbons (Fsp3) is 0.448. The van der Waals surface area contributed by atoms with Crippen molar-refractivity contribution < 1.29 is 142 Å². The molecule has 21 N–H and O–H groups in total. The van der Waals surface area contributed by atoms with E-state index in [0.717, 1.165) is 64.4 Å². The predicted molar refractivity (Wildman–Crippen MR) is 447 cm³/mol. The van der Waals surface area contributed by atoms with Crippen LogP contribution in [0.15, 0.2) is 115 Å². The van der Waals surface area contributed by atoms with Gasteiger partial charge in [-0.05, 0) is 159 Å². The van der Waals surface area contributed by atoms with E-state index in [-0.39, 0.29) is 60.1 Å². The normalized spacial score (nSPS) is 29.7. The SMILES string of the molecule is C.CN[C@H](CC(C)C)C(=O)NC1C(=O)C[C@H](CC(N)=O)C(=O)N[C@H]2C(=O)C[C@@H]3C(=O)N[C@H](C(=O)N[C@H](C(=O)O)c4cc(O)cc(O)c4-c4cc3ccc4O)[C@H](OC3C[C@](C)(N)[C@@H](O)[C@H](C)O3)c3ccc(c(Cl)c3)Oc3cc2cc(c3O[C@@H]2O[C@H](CO)[C@@H](O[C@@H]3O[C@H](CCCc4ccc(-c5cccc(F)c5)s4)[C@H](O)[C@H](O)[C@H]3O)[C@H](O)[C@H]2O)Oc2ccc(cc2Cl)[C@H]1O. The number of phenolic OH excluding ortho intramolecular Hbond substituents is 3. The Hall–Kier alpha value is -10.1. The summed E-state index contributed by atoms with van der Waals surface area (Å²) in [7, 11) is 1.48. The zero-order valence-corrected chi connectivity index (χ0v) is 70.0. The van der Waals surface area contributed by atoms with E-state index in [9.17, 15) is 80.1 Å². The van der Waals surface area contributed by atoms with Crippen molar-refractivity contribution in [3.8, 4) is 67.6 Å². The number of aryl methyl sites for hydroxylation is 1. The number of aliphatic hydroxyl groups is 8. The molecule has 8 aliphatic heterocycles. The number of primary amides is 1. The molecule has 3 saturated heterocycles. The van der Waals surface area contributed by atoms with Crippen molar-refractivity contribution in [1.29, 1.82) is 0 Å². The maximum Gasteiger partial charge on any atom is 0.330 e. The lowest BCUT2D eigenvalue weighted by Gasteiger charge is -2.46. The Balaban J connectivity index is 0.0000144. The minimum absolute atomic E-state index is 0. The molecule has 15 rings (SSSR count). The number of carbonyl (C=O) groups excluding carboxylic acids is 7. The molecule has 35 nitrogen and oxygen atoms in total. The fourth-order valence-electron chi connectivity index (χ4n) is 16.4. The first kappa shape index (κ1) is 95.0. The number of thiophene rings is 1. The van der Waals surface area contributed by atoms with Gasteiger partial charge in [0.25, 0.3) is 0 Å². The second-order valence-corrected chi connectivity index (χ2v) is 34.6. The van der Waals surface area contributed by atoms with E-state index in [4.69, 9.17) is 72.6 Å². The van der Waals surface area contributed by atoms with E-state index >= 15 is 24.0 Å². The topological polar surface area (TPSA) is 565 Å². The van der Waals surface area contributed by atoms with Crippen LogP contribution < -0.4 is 52.3 Å². The first-order valence-corrected chi connectivity index (χ1v) is 41.8. The number of benzene rings is 6. The Morgan fingerprint density at radius 3 is 2.02 bits per heavy atom. The van der Waals surface area contributed by atoms with Crippen molar-refractivity contribution in [3.63, 3.8) is 0 Å². The summed E-state index contributed by atoms with van der Waals surface area (Å²) < 4.78 is 65.6. The van der Waals surface area contributed by atoms with Gasteiger partial charge in [-0.25, -0.2) is 9.18 Å². The highest BCUT2D eigenvalue weighted by Crippen LogP contribution is 2.51. The van der Waals surface area contributed by atoms with Crippen LogP contribution >= 0.6 is 34.5 Å². The molecule has 23 atom stereocenters. The Kier molecular flexibility index (Phi) is 29.9. The minimum atomic E-state index is -2.35. The fourth-order valence-corrected chi connectivity index (χ4v) is 17.9. The van der Waals surface area contributed by atoms with E-state index in [0.29, 0.717) is 18.4 Å². The summed E-state index contributed by atoms with van der Waals surface area (Å²) >= 11 is 15.9. The monoisotopic (exact) mass is 1810 g/mol. The summed E-state index contributed by atoms with van der Waals surface area (Å²) in [4.78, 5) is 122. The number of aliphatic hydroxyl groups excluding tert-OH is 8. The molecule has 678 valence electrons. The summed E-state index contributed by atoms with van der Waals surface area (Å²) in [5.74, 6) is -19.8. The zero-order chi connectivity index (χ0) is 90.2. The summed E-state index contributed by atoms with van der Waals surface area (Å²) in [6.07, 6.45) is -29.9. The van der Waals surface area contributed by atoms with Gasteiger partial charge in [-0.1, -0.05) is 74.8 Å². The molecule has 0 spiro atoms. The quantitative estimate of drug-likeness (QED) is 0.0451. The van der Waals surface area contributed by atoms with Gasteiger partial charge in [-0.15, -0.1) is 11.3 Å². The van der Waals surface area contributed by atoms with Crippen molar-refractivity contribution in [2.24, 2.45) is 23.3 Å². The highest BCUT2D eigenvalue weighted by molar-refractivity contribution is 7.15. The number of rotatable bonds is 20. The smallest absolute Gasteiger partial charge is 0.330 e. The summed E-state index contributed by atoms with van der Waals surface area (Å²) in [6, 6.07) is 14.1. The average molecular weight is 1810 g/mol. The number of carbonyl (C=O) groups is 8. The number of aromatic hydroxyl groups is 3. The molecule has 1 aromatic heterocycles. The third-order valence-electron chi connectivity index (χ3n) is 23.0. The molecule has 2 unspecified atom stereocenters. The number of hydrogen-bond donors (Lipinski definition) is 19. The molecule has 126 heavy (non-hydrogen) atoms. The lowest BCUT2D eigenvalue weighted by molar-refractivity contribution is -0.351. The maximum atomic E-state index is 16.6. The number of ketones is 2. The van der Waals surface area contributed by atoms with E-state index < -0.39 is 286 Å². The van der Waals surface area contributed by atoms with Gasteiger partial charge in [-0.2, -0.15) is 0 Å². The van der Waals surface area contributed by atoms with Crippen molar-refractivity contribution in [1.82, 2.24) is 26.6 Å². The van der Waals surface area contributed by atoms with Crippen LogP contribution in [0.2, 0.25) is 10.0 Å². The van der Waals surface area contributed by atoms with Gasteiger partial charge in [0.2, 0.25) is 41.6 Å². The molecule has 3 fully saturated rings. The second-order valence-electron chi connectivity index (χ2n) is 32.6. The highest BCUT2D eigenvalue weighted by Gasteiger charge is 2.53. The van der Waals surface area contributed by atoms with Crippen LogP contribution in [0.5, 0.6) is 46.0 Å². The van der Waals surface area contributed by atoms with E-state index in [1.165, 1.54) is 68.6 Å². The summed E-state index contributed by atoms with van der Waals surface area (Å²) in [5, 5.41) is 152. The molecule has 5 amide bonds. The number of nitrogens with one attached hydrogen (secondary N) is 5. The number of likely N-dealkylation sites (N-methyl/N-ethyl adjacent to an activating group) is 1. The van der Waals surface area contributed by atoms with Crippen molar-refractivity contribution >= 4 is 81.6 Å². The van der Waals surface area contributed by atoms with Gasteiger partial charge in [0.05, 0.1) is 52.8 Å². The molecule has 6 aromatic carbocycles. The number of halogens is 3. The Bertz CT molecular complexity index is 5240. The van der Waals surface area contributed by atoms with Crippen LogP contribution in [0.1, 0.15) is 143 Å². The van der Waals surface area contributed by atoms with Gasteiger partial charge in [0.1, 0.15) is 108 Å². The Morgan fingerprint density at radius 2 is 1.37 bits per heavy atom. The number of fused-ring (bicyclic) bond motifs is 15. The zero-order valence-electron chi connectivity index (χ0n) is 67.7. The third kappa shape index (κ3) is 20.7. The second kappa shape index (κ2) is 39.6. The molecule has 0 saturated carbocycles. The first-order valence-electron chi connectivity index (χ1n) is 40.2. The van der Waals surface area contributed by atoms with Gasteiger partial charge in [0, 0.05) is 63.7 Å². The number of Topliss-reactive ketones (excluding diaryl/α,β-unsaturated/α-hetero) is 2. The average Bonchev–Trinajstić information content (AvgIpc) is 0.857. The van der Waals surface area contributed by atoms with Crippen molar-refractivity contribution in [3.05, 3.63) is 164 Å². The Morgan fingerprint density at radius 1 is 0.706 bits per heavy atom.